The highest BCUT2D eigenvalue weighted by Crippen LogP contribution is 2.24. The normalized spacial score (nSPS) is 16.3. The summed E-state index contributed by atoms with van der Waals surface area (Å²) in [6, 6.07) is 7.94. The van der Waals surface area contributed by atoms with E-state index in [1.165, 1.54) is 12.7 Å². The van der Waals surface area contributed by atoms with Crippen LogP contribution in [-0.2, 0) is 21.2 Å². The van der Waals surface area contributed by atoms with Gasteiger partial charge in [-0.1, -0.05) is 49.1 Å². The number of nitrogens with zero attached hydrogens (tertiary/aromatic N) is 1. The summed E-state index contributed by atoms with van der Waals surface area (Å²) in [6.45, 7) is 2.70. The van der Waals surface area contributed by atoms with Crippen molar-refractivity contribution in [1.29, 1.82) is 0 Å². The molecule has 0 spiro atoms. The summed E-state index contributed by atoms with van der Waals surface area (Å²) in [5.41, 5.74) is 2.10. The SMILES string of the molecule is Cc1cccc(CC(=O)NCCN(C2CCCCC2)S(C)(=O)=O)c1. The van der Waals surface area contributed by atoms with Crippen molar-refractivity contribution in [3.63, 3.8) is 0 Å². The molecule has 0 heterocycles. The number of aryl methyl sites for hydroxylation is 1. The summed E-state index contributed by atoms with van der Waals surface area (Å²) >= 11 is 0. The van der Waals surface area contributed by atoms with Gasteiger partial charge in [0.15, 0.2) is 0 Å². The van der Waals surface area contributed by atoms with Crippen LogP contribution in [0.15, 0.2) is 24.3 Å². The van der Waals surface area contributed by atoms with E-state index < -0.39 is 10.0 Å². The van der Waals surface area contributed by atoms with E-state index >= 15 is 0 Å². The van der Waals surface area contributed by atoms with Crippen molar-refractivity contribution in [1.82, 2.24) is 9.62 Å². The molecule has 1 fully saturated rings. The molecule has 1 N–H and O–H groups in total. The lowest BCUT2D eigenvalue weighted by atomic mass is 9.95. The Labute approximate surface area is 145 Å². The van der Waals surface area contributed by atoms with Crippen molar-refractivity contribution >= 4 is 15.9 Å². The number of hydrogen-bond donors (Lipinski definition) is 1. The van der Waals surface area contributed by atoms with Crippen LogP contribution in [0.5, 0.6) is 0 Å². The van der Waals surface area contributed by atoms with E-state index in [0.29, 0.717) is 19.5 Å². The van der Waals surface area contributed by atoms with Gasteiger partial charge in [-0.3, -0.25) is 4.79 Å². The summed E-state index contributed by atoms with van der Waals surface area (Å²) in [7, 11) is -3.24. The average Bonchev–Trinajstić information content (AvgIpc) is 2.51. The number of amides is 1. The third-order valence-electron chi connectivity index (χ3n) is 4.51. The number of sulfonamides is 1. The molecule has 134 valence electrons. The molecule has 1 aliphatic carbocycles. The molecule has 6 heteroatoms. The molecule has 0 radical (unpaired) electrons. The topological polar surface area (TPSA) is 66.5 Å². The number of hydrogen-bond acceptors (Lipinski definition) is 3. The molecule has 1 aromatic rings. The summed E-state index contributed by atoms with van der Waals surface area (Å²) in [5, 5.41) is 2.85. The fourth-order valence-corrected chi connectivity index (χ4v) is 4.54. The van der Waals surface area contributed by atoms with Crippen LogP contribution in [0.2, 0.25) is 0 Å². The molecule has 0 bridgehead atoms. The molecule has 0 saturated heterocycles. The van der Waals surface area contributed by atoms with E-state index in [0.717, 1.165) is 36.8 Å². The van der Waals surface area contributed by atoms with Crippen LogP contribution in [0.4, 0.5) is 0 Å². The summed E-state index contributed by atoms with van der Waals surface area (Å²) in [4.78, 5) is 12.1. The van der Waals surface area contributed by atoms with Gasteiger partial charge in [0.1, 0.15) is 0 Å². The van der Waals surface area contributed by atoms with E-state index in [1.807, 2.05) is 31.2 Å². The van der Waals surface area contributed by atoms with Gasteiger partial charge in [0.25, 0.3) is 0 Å². The van der Waals surface area contributed by atoms with Gasteiger partial charge >= 0.3 is 0 Å². The van der Waals surface area contributed by atoms with Crippen LogP contribution in [0.25, 0.3) is 0 Å². The molecular weight excluding hydrogens is 324 g/mol. The second kappa shape index (κ2) is 8.62. The second-order valence-corrected chi connectivity index (χ2v) is 8.62. The molecular formula is C18H28N2O3S. The molecule has 1 saturated carbocycles. The van der Waals surface area contributed by atoms with Gasteiger partial charge in [-0.2, -0.15) is 4.31 Å². The van der Waals surface area contributed by atoms with Crippen LogP contribution in [-0.4, -0.2) is 44.0 Å². The monoisotopic (exact) mass is 352 g/mol. The van der Waals surface area contributed by atoms with E-state index in [-0.39, 0.29) is 11.9 Å². The van der Waals surface area contributed by atoms with Gasteiger partial charge in [-0.25, -0.2) is 8.42 Å². The Morgan fingerprint density at radius 2 is 1.96 bits per heavy atom. The molecule has 2 rings (SSSR count). The molecule has 1 aromatic carbocycles. The van der Waals surface area contributed by atoms with Gasteiger partial charge in [-0.15, -0.1) is 0 Å². The van der Waals surface area contributed by atoms with Gasteiger partial charge < -0.3 is 5.32 Å². The quantitative estimate of drug-likeness (QED) is 0.818. The predicted octanol–water partition coefficient (Wildman–Crippen LogP) is 2.25. The number of carbonyl (C=O) groups is 1. The number of benzene rings is 1. The van der Waals surface area contributed by atoms with Crippen LogP contribution in [0.3, 0.4) is 0 Å². The summed E-state index contributed by atoms with van der Waals surface area (Å²) in [5.74, 6) is -0.0716. The zero-order valence-corrected chi connectivity index (χ0v) is 15.4. The lowest BCUT2D eigenvalue weighted by molar-refractivity contribution is -0.120. The smallest absolute Gasteiger partial charge is 0.224 e. The lowest BCUT2D eigenvalue weighted by Crippen LogP contribution is -2.45. The maximum absolute atomic E-state index is 12.1. The molecule has 1 amide bonds. The van der Waals surface area contributed by atoms with Gasteiger partial charge in [0, 0.05) is 19.1 Å². The first-order valence-electron chi connectivity index (χ1n) is 8.65. The summed E-state index contributed by atoms with van der Waals surface area (Å²) in [6.07, 6.45) is 6.77. The molecule has 0 unspecified atom stereocenters. The largest absolute Gasteiger partial charge is 0.354 e. The van der Waals surface area contributed by atoms with Crippen molar-refractivity contribution in [2.45, 2.75) is 51.5 Å². The second-order valence-electron chi connectivity index (χ2n) is 6.68. The molecule has 1 aliphatic rings. The molecule has 24 heavy (non-hydrogen) atoms. The predicted molar refractivity (Wildman–Crippen MR) is 96.3 cm³/mol. The zero-order valence-electron chi connectivity index (χ0n) is 14.6. The fraction of sp³-hybridized carbons (Fsp3) is 0.611. The molecule has 0 aliphatic heterocycles. The van der Waals surface area contributed by atoms with Gasteiger partial charge in [0.05, 0.1) is 12.7 Å². The van der Waals surface area contributed by atoms with E-state index in [9.17, 15) is 13.2 Å². The molecule has 0 aromatic heterocycles. The average molecular weight is 353 g/mol. The Kier molecular flexibility index (Phi) is 6.80. The van der Waals surface area contributed by atoms with E-state index in [2.05, 4.69) is 5.32 Å². The first-order valence-corrected chi connectivity index (χ1v) is 10.5. The van der Waals surface area contributed by atoms with Crippen LogP contribution in [0.1, 0.15) is 43.2 Å². The third-order valence-corrected chi connectivity index (χ3v) is 5.84. The van der Waals surface area contributed by atoms with E-state index in [1.54, 1.807) is 4.31 Å². The van der Waals surface area contributed by atoms with Crippen LogP contribution in [0, 0.1) is 6.92 Å². The minimum absolute atomic E-state index is 0.0716. The highest BCUT2D eigenvalue weighted by atomic mass is 32.2. The standard InChI is InChI=1S/C18H28N2O3S/c1-15-7-6-8-16(13-15)14-18(21)19-11-12-20(24(2,22)23)17-9-4-3-5-10-17/h6-8,13,17H,3-5,9-12,14H2,1-2H3,(H,19,21). The number of nitrogens with one attached hydrogen (secondary N) is 1. The fourth-order valence-electron chi connectivity index (χ4n) is 3.36. The summed E-state index contributed by atoms with van der Waals surface area (Å²) < 4.78 is 25.7. The molecule has 5 nitrogen and oxygen atoms in total. The number of rotatable bonds is 7. The van der Waals surface area contributed by atoms with Gasteiger partial charge in [-0.05, 0) is 25.3 Å². The maximum Gasteiger partial charge on any atom is 0.224 e. The molecule has 0 atom stereocenters. The van der Waals surface area contributed by atoms with Crippen molar-refractivity contribution in [2.75, 3.05) is 19.3 Å². The Balaban J connectivity index is 1.84. The van der Waals surface area contributed by atoms with Gasteiger partial charge in [0.2, 0.25) is 15.9 Å². The third kappa shape index (κ3) is 5.91. The Morgan fingerprint density at radius 3 is 2.58 bits per heavy atom. The Hall–Kier alpha value is -1.40. The van der Waals surface area contributed by atoms with E-state index in [4.69, 9.17) is 0 Å². The first-order chi connectivity index (χ1) is 11.4. The van der Waals surface area contributed by atoms with Crippen molar-refractivity contribution in [2.24, 2.45) is 0 Å². The Morgan fingerprint density at radius 1 is 1.25 bits per heavy atom. The Bertz CT molecular complexity index is 652. The van der Waals surface area contributed by atoms with Crippen LogP contribution < -0.4 is 5.32 Å². The lowest BCUT2D eigenvalue weighted by Gasteiger charge is -2.32. The highest BCUT2D eigenvalue weighted by Gasteiger charge is 2.27. The van der Waals surface area contributed by atoms with Crippen molar-refractivity contribution < 1.29 is 13.2 Å². The zero-order chi connectivity index (χ0) is 17.6. The van der Waals surface area contributed by atoms with Crippen molar-refractivity contribution in [3.8, 4) is 0 Å². The minimum atomic E-state index is -3.24. The highest BCUT2D eigenvalue weighted by molar-refractivity contribution is 7.88. The number of carbonyl (C=O) groups excluding carboxylic acids is 1. The first kappa shape index (κ1) is 18.9. The maximum atomic E-state index is 12.1. The minimum Gasteiger partial charge on any atom is -0.354 e. The van der Waals surface area contributed by atoms with Crippen molar-refractivity contribution in [3.05, 3.63) is 35.4 Å². The van der Waals surface area contributed by atoms with Crippen LogP contribution >= 0.6 is 0 Å².